The second-order valence-electron chi connectivity index (χ2n) is 3.23. The molecule has 12 heavy (non-hydrogen) atoms. The van der Waals surface area contributed by atoms with Crippen molar-refractivity contribution in [1.29, 1.82) is 0 Å². The van der Waals surface area contributed by atoms with Gasteiger partial charge in [-0.2, -0.15) is 0 Å². The van der Waals surface area contributed by atoms with Gasteiger partial charge in [-0.1, -0.05) is 17.7 Å². The topological polar surface area (TPSA) is 12.0 Å². The molecule has 0 aliphatic heterocycles. The molecule has 0 saturated heterocycles. The van der Waals surface area contributed by atoms with Gasteiger partial charge in [0, 0.05) is 17.8 Å². The fraction of sp³-hybridized carbons (Fsp3) is 0.400. The lowest BCUT2D eigenvalue weighted by atomic mass is 10.1. The second kappa shape index (κ2) is 2.98. The predicted molar refractivity (Wildman–Crippen MR) is 53.0 cm³/mol. The van der Waals surface area contributed by atoms with Gasteiger partial charge in [-0.25, -0.2) is 0 Å². The normalized spacial score (nSPS) is 16.2. The molecule has 0 amide bonds. The average molecular weight is 182 g/mol. The predicted octanol–water partition coefficient (Wildman–Crippen LogP) is 3.26. The molecule has 0 radical (unpaired) electrons. The summed E-state index contributed by atoms with van der Waals surface area (Å²) in [6, 6.07) is 6.04. The van der Waals surface area contributed by atoms with E-state index in [-0.39, 0.29) is 0 Å². The van der Waals surface area contributed by atoms with Gasteiger partial charge in [-0.3, -0.25) is 0 Å². The van der Waals surface area contributed by atoms with Crippen molar-refractivity contribution >= 4 is 17.3 Å². The van der Waals surface area contributed by atoms with Crippen LogP contribution in [0.25, 0.3) is 0 Å². The zero-order chi connectivity index (χ0) is 8.55. The van der Waals surface area contributed by atoms with E-state index >= 15 is 0 Å². The van der Waals surface area contributed by atoms with Crippen molar-refractivity contribution in [2.45, 2.75) is 18.8 Å². The van der Waals surface area contributed by atoms with Gasteiger partial charge in [0.25, 0.3) is 0 Å². The highest BCUT2D eigenvalue weighted by atomic mass is 35.5. The van der Waals surface area contributed by atoms with Crippen molar-refractivity contribution in [3.8, 4) is 0 Å². The third-order valence-electron chi connectivity index (χ3n) is 2.31. The number of benzene rings is 1. The molecule has 1 fully saturated rings. The molecule has 0 aromatic heterocycles. The minimum absolute atomic E-state index is 0.709. The lowest BCUT2D eigenvalue weighted by molar-refractivity contribution is 1.13. The lowest BCUT2D eigenvalue weighted by Crippen LogP contribution is -1.94. The summed E-state index contributed by atoms with van der Waals surface area (Å²) in [6.45, 7) is 0. The van der Waals surface area contributed by atoms with Crippen LogP contribution in [0.3, 0.4) is 0 Å². The van der Waals surface area contributed by atoms with E-state index < -0.39 is 0 Å². The maximum absolute atomic E-state index is 6.10. The van der Waals surface area contributed by atoms with Crippen LogP contribution < -0.4 is 5.32 Å². The van der Waals surface area contributed by atoms with Crippen LogP contribution in [0.1, 0.15) is 24.3 Å². The quantitative estimate of drug-likeness (QED) is 0.739. The first-order valence-electron chi connectivity index (χ1n) is 4.29. The van der Waals surface area contributed by atoms with E-state index in [1.165, 1.54) is 24.1 Å². The van der Waals surface area contributed by atoms with Crippen LogP contribution in [0.4, 0.5) is 5.69 Å². The van der Waals surface area contributed by atoms with Crippen molar-refractivity contribution in [2.75, 3.05) is 12.4 Å². The van der Waals surface area contributed by atoms with E-state index in [0.717, 1.165) is 5.02 Å². The third-order valence-corrected chi connectivity index (χ3v) is 2.64. The Bertz CT molecular complexity index is 292. The molecule has 1 aromatic carbocycles. The highest BCUT2D eigenvalue weighted by Crippen LogP contribution is 2.46. The van der Waals surface area contributed by atoms with Gasteiger partial charge < -0.3 is 5.32 Å². The molecule has 0 bridgehead atoms. The Labute approximate surface area is 77.7 Å². The Morgan fingerprint density at radius 1 is 1.42 bits per heavy atom. The smallest absolute Gasteiger partial charge is 0.0461 e. The Morgan fingerprint density at radius 3 is 2.75 bits per heavy atom. The molecule has 0 spiro atoms. The number of rotatable bonds is 2. The lowest BCUT2D eigenvalue weighted by Gasteiger charge is -2.09. The molecule has 0 atom stereocenters. The highest BCUT2D eigenvalue weighted by Gasteiger charge is 2.27. The number of hydrogen-bond donors (Lipinski definition) is 1. The van der Waals surface area contributed by atoms with E-state index in [2.05, 4.69) is 11.4 Å². The van der Waals surface area contributed by atoms with Gasteiger partial charge in [0.1, 0.15) is 0 Å². The van der Waals surface area contributed by atoms with Gasteiger partial charge in [-0.15, -0.1) is 0 Å². The van der Waals surface area contributed by atoms with E-state index in [1.807, 2.05) is 19.2 Å². The van der Waals surface area contributed by atoms with Gasteiger partial charge in [-0.05, 0) is 36.5 Å². The van der Waals surface area contributed by atoms with Crippen LogP contribution in [0.15, 0.2) is 18.2 Å². The van der Waals surface area contributed by atoms with Crippen LogP contribution in [-0.2, 0) is 0 Å². The highest BCUT2D eigenvalue weighted by molar-refractivity contribution is 6.31. The number of nitrogens with one attached hydrogen (secondary N) is 1. The van der Waals surface area contributed by atoms with Crippen LogP contribution in [0.2, 0.25) is 5.02 Å². The molecule has 1 nitrogen and oxygen atoms in total. The van der Waals surface area contributed by atoms with Crippen LogP contribution >= 0.6 is 11.6 Å². The second-order valence-corrected chi connectivity index (χ2v) is 3.63. The SMILES string of the molecule is CNc1cccc(Cl)c1C1CC1. The molecule has 64 valence electrons. The minimum atomic E-state index is 0.709. The molecule has 0 unspecified atom stereocenters. The summed E-state index contributed by atoms with van der Waals surface area (Å²) in [5, 5.41) is 4.08. The zero-order valence-electron chi connectivity index (χ0n) is 7.10. The standard InChI is InChI=1S/C10H12ClN/c1-12-9-4-2-3-8(11)10(9)7-5-6-7/h2-4,7,12H,5-6H2,1H3. The number of hydrogen-bond acceptors (Lipinski definition) is 1. The van der Waals surface area contributed by atoms with Crippen molar-refractivity contribution < 1.29 is 0 Å². The van der Waals surface area contributed by atoms with E-state index in [9.17, 15) is 0 Å². The van der Waals surface area contributed by atoms with Crippen molar-refractivity contribution in [1.82, 2.24) is 0 Å². The van der Waals surface area contributed by atoms with Crippen LogP contribution in [-0.4, -0.2) is 7.05 Å². The first-order chi connectivity index (χ1) is 5.83. The number of anilines is 1. The maximum atomic E-state index is 6.10. The van der Waals surface area contributed by atoms with Crippen molar-refractivity contribution in [3.05, 3.63) is 28.8 Å². The molecule has 2 heteroatoms. The van der Waals surface area contributed by atoms with Gasteiger partial charge in [0.2, 0.25) is 0 Å². The molecule has 1 aliphatic carbocycles. The van der Waals surface area contributed by atoms with Crippen molar-refractivity contribution in [2.24, 2.45) is 0 Å². The van der Waals surface area contributed by atoms with E-state index in [4.69, 9.17) is 11.6 Å². The van der Waals surface area contributed by atoms with Gasteiger partial charge >= 0.3 is 0 Å². The largest absolute Gasteiger partial charge is 0.388 e. The van der Waals surface area contributed by atoms with Crippen LogP contribution in [0, 0.1) is 0 Å². The van der Waals surface area contributed by atoms with Gasteiger partial charge in [0.05, 0.1) is 0 Å². The Balaban J connectivity index is 2.45. The summed E-state index contributed by atoms with van der Waals surface area (Å²) in [6.07, 6.45) is 2.58. The maximum Gasteiger partial charge on any atom is 0.0461 e. The fourth-order valence-corrected chi connectivity index (χ4v) is 1.87. The minimum Gasteiger partial charge on any atom is -0.388 e. The van der Waals surface area contributed by atoms with Crippen molar-refractivity contribution in [3.63, 3.8) is 0 Å². The summed E-state index contributed by atoms with van der Waals surface area (Å²) in [4.78, 5) is 0. The molecule has 1 aromatic rings. The number of halogens is 1. The van der Waals surface area contributed by atoms with Gasteiger partial charge in [0.15, 0.2) is 0 Å². The summed E-state index contributed by atoms with van der Waals surface area (Å²) < 4.78 is 0. The molecule has 1 saturated carbocycles. The zero-order valence-corrected chi connectivity index (χ0v) is 7.86. The fourth-order valence-electron chi connectivity index (χ4n) is 1.54. The summed E-state index contributed by atoms with van der Waals surface area (Å²) in [5.41, 5.74) is 2.49. The molecule has 1 N–H and O–H groups in total. The summed E-state index contributed by atoms with van der Waals surface area (Å²) in [7, 11) is 1.94. The third kappa shape index (κ3) is 1.29. The Kier molecular flexibility index (Phi) is 1.97. The van der Waals surface area contributed by atoms with E-state index in [1.54, 1.807) is 0 Å². The Morgan fingerprint density at radius 2 is 2.17 bits per heavy atom. The molecule has 1 aliphatic rings. The molecular weight excluding hydrogens is 170 g/mol. The monoisotopic (exact) mass is 181 g/mol. The average Bonchev–Trinajstić information content (AvgIpc) is 2.87. The first-order valence-corrected chi connectivity index (χ1v) is 4.67. The molecule has 2 rings (SSSR count). The Hall–Kier alpha value is -0.690. The summed E-state index contributed by atoms with van der Waals surface area (Å²) >= 11 is 6.10. The van der Waals surface area contributed by atoms with E-state index in [0.29, 0.717) is 5.92 Å². The first kappa shape index (κ1) is 7.93. The van der Waals surface area contributed by atoms with Crippen LogP contribution in [0.5, 0.6) is 0 Å². The molecular formula is C10H12ClN. The summed E-state index contributed by atoms with van der Waals surface area (Å²) in [5.74, 6) is 0.709. The molecule has 0 heterocycles.